The number of anilines is 1. The number of halogens is 1. The molecule has 1 aliphatic rings. The first kappa shape index (κ1) is 21.2. The molecule has 0 atom stereocenters. The highest BCUT2D eigenvalue weighted by atomic mass is 35.5. The number of carbonyl (C=O) groups excluding carboxylic acids is 1. The molecule has 0 unspecified atom stereocenters. The predicted molar refractivity (Wildman–Crippen MR) is 137 cm³/mol. The summed E-state index contributed by atoms with van der Waals surface area (Å²) in [5.74, 6) is 0.600. The van der Waals surface area contributed by atoms with E-state index < -0.39 is 0 Å². The third-order valence-electron chi connectivity index (χ3n) is 5.43. The van der Waals surface area contributed by atoms with E-state index in [4.69, 9.17) is 28.6 Å². The maximum atomic E-state index is 13.1. The normalized spacial score (nSPS) is 14.8. The lowest BCUT2D eigenvalue weighted by Crippen LogP contribution is -2.30. The maximum absolute atomic E-state index is 13.1. The summed E-state index contributed by atoms with van der Waals surface area (Å²) in [5.41, 5.74) is 3.19. The van der Waals surface area contributed by atoms with Gasteiger partial charge < -0.3 is 14.6 Å². The van der Waals surface area contributed by atoms with E-state index in [-0.39, 0.29) is 5.91 Å². The first-order valence-corrected chi connectivity index (χ1v) is 11.3. The van der Waals surface area contributed by atoms with Crippen molar-refractivity contribution >= 4 is 57.5 Å². The Kier molecular flexibility index (Phi) is 5.86. The summed E-state index contributed by atoms with van der Waals surface area (Å²) in [6.45, 7) is 1.15. The number of nitrogens with zero attached hydrogens (tertiary/aromatic N) is 2. The van der Waals surface area contributed by atoms with Crippen LogP contribution in [-0.4, -0.2) is 22.2 Å². The highest BCUT2D eigenvalue weighted by molar-refractivity contribution is 7.80. The predicted octanol–water partition coefficient (Wildman–Crippen LogP) is 5.64. The van der Waals surface area contributed by atoms with Crippen LogP contribution in [-0.2, 0) is 11.3 Å². The number of rotatable bonds is 6. The van der Waals surface area contributed by atoms with Crippen LogP contribution in [0.2, 0.25) is 5.02 Å². The molecule has 0 saturated carbocycles. The monoisotopic (exact) mass is 473 g/mol. The molecule has 0 spiro atoms. The van der Waals surface area contributed by atoms with Gasteiger partial charge in [0.2, 0.25) is 0 Å². The van der Waals surface area contributed by atoms with Gasteiger partial charge in [0.05, 0.1) is 12.2 Å². The Morgan fingerprint density at radius 1 is 0.970 bits per heavy atom. The molecule has 1 amide bonds. The second kappa shape index (κ2) is 9.10. The minimum Gasteiger partial charge on any atom is -0.492 e. The van der Waals surface area contributed by atoms with Gasteiger partial charge >= 0.3 is 0 Å². The summed E-state index contributed by atoms with van der Waals surface area (Å²) >= 11 is 11.4. The molecule has 4 aromatic rings. The van der Waals surface area contributed by atoms with Crippen molar-refractivity contribution in [3.63, 3.8) is 0 Å². The number of fused-ring (bicyclic) bond motifs is 1. The van der Waals surface area contributed by atoms with Crippen LogP contribution < -0.4 is 15.0 Å². The highest BCUT2D eigenvalue weighted by Gasteiger charge is 2.32. The standard InChI is InChI=1S/C26H20ClN3O2S/c27-19-10-12-21(13-11-19)32-15-14-29-17-18(22-8-4-5-9-24(22)29)16-23-25(31)30(26(33)28-23)20-6-2-1-3-7-20/h1-13,16-17H,14-15H2,(H,28,33). The molecule has 5 rings (SSSR count). The van der Waals surface area contributed by atoms with Crippen LogP contribution in [0.3, 0.4) is 0 Å². The second-order valence-electron chi connectivity index (χ2n) is 7.56. The van der Waals surface area contributed by atoms with Gasteiger partial charge in [-0.1, -0.05) is 48.0 Å². The Hall–Kier alpha value is -3.61. The lowest BCUT2D eigenvalue weighted by Gasteiger charge is -2.13. The molecule has 0 radical (unpaired) electrons. The summed E-state index contributed by atoms with van der Waals surface area (Å²) in [6.07, 6.45) is 3.89. The van der Waals surface area contributed by atoms with Crippen molar-refractivity contribution in [3.8, 4) is 5.75 Å². The Morgan fingerprint density at radius 3 is 2.48 bits per heavy atom. The van der Waals surface area contributed by atoms with E-state index in [0.717, 1.165) is 27.9 Å². The summed E-state index contributed by atoms with van der Waals surface area (Å²) in [5, 5.41) is 5.17. The van der Waals surface area contributed by atoms with Crippen molar-refractivity contribution in [1.29, 1.82) is 0 Å². The number of para-hydroxylation sites is 2. The second-order valence-corrected chi connectivity index (χ2v) is 8.38. The SMILES string of the molecule is O=C1C(=Cc2cn(CCOc3ccc(Cl)cc3)c3ccccc23)NC(=S)N1c1ccccc1. The number of hydrogen-bond acceptors (Lipinski definition) is 3. The molecule has 2 heterocycles. The van der Waals surface area contributed by atoms with Gasteiger partial charge in [0.25, 0.3) is 5.91 Å². The van der Waals surface area contributed by atoms with Gasteiger partial charge in [-0.3, -0.25) is 9.69 Å². The fourth-order valence-electron chi connectivity index (χ4n) is 3.87. The molecule has 5 nitrogen and oxygen atoms in total. The van der Waals surface area contributed by atoms with E-state index in [1.807, 2.05) is 72.9 Å². The Labute approximate surface area is 201 Å². The van der Waals surface area contributed by atoms with Crippen molar-refractivity contribution in [3.05, 3.63) is 101 Å². The molecule has 7 heteroatoms. The van der Waals surface area contributed by atoms with E-state index in [9.17, 15) is 4.79 Å². The zero-order valence-corrected chi connectivity index (χ0v) is 19.1. The fourth-order valence-corrected chi connectivity index (χ4v) is 4.29. The van der Waals surface area contributed by atoms with Crippen LogP contribution in [0.15, 0.2) is 90.8 Å². The van der Waals surface area contributed by atoms with Gasteiger partial charge in [0.1, 0.15) is 18.1 Å². The summed E-state index contributed by atoms with van der Waals surface area (Å²) < 4.78 is 7.99. The average Bonchev–Trinajstić information content (AvgIpc) is 3.32. The van der Waals surface area contributed by atoms with Crippen LogP contribution in [0, 0.1) is 0 Å². The van der Waals surface area contributed by atoms with Gasteiger partial charge in [-0.2, -0.15) is 0 Å². The molecule has 1 saturated heterocycles. The van der Waals surface area contributed by atoms with Crippen LogP contribution in [0.25, 0.3) is 17.0 Å². The third-order valence-corrected chi connectivity index (χ3v) is 5.96. The first-order chi connectivity index (χ1) is 16.1. The maximum Gasteiger partial charge on any atom is 0.281 e. The molecule has 1 fully saturated rings. The molecule has 0 aliphatic carbocycles. The molecular formula is C26H20ClN3O2S. The number of aromatic nitrogens is 1. The van der Waals surface area contributed by atoms with Crippen molar-refractivity contribution < 1.29 is 9.53 Å². The van der Waals surface area contributed by atoms with Gasteiger partial charge in [0, 0.05) is 27.7 Å². The number of benzene rings is 3. The topological polar surface area (TPSA) is 46.5 Å². The molecule has 0 bridgehead atoms. The minimum absolute atomic E-state index is 0.172. The van der Waals surface area contributed by atoms with E-state index in [2.05, 4.69) is 16.0 Å². The largest absolute Gasteiger partial charge is 0.492 e. The molecule has 164 valence electrons. The summed E-state index contributed by atoms with van der Waals surface area (Å²) in [6, 6.07) is 24.8. The Morgan fingerprint density at radius 2 is 1.70 bits per heavy atom. The van der Waals surface area contributed by atoms with Crippen molar-refractivity contribution in [2.45, 2.75) is 6.54 Å². The molecule has 3 aromatic carbocycles. The van der Waals surface area contributed by atoms with E-state index in [1.165, 1.54) is 4.90 Å². The van der Waals surface area contributed by atoms with Gasteiger partial charge in [0.15, 0.2) is 5.11 Å². The number of ether oxygens (including phenoxy) is 1. The van der Waals surface area contributed by atoms with Crippen molar-refractivity contribution in [2.75, 3.05) is 11.5 Å². The van der Waals surface area contributed by atoms with E-state index in [1.54, 1.807) is 12.1 Å². The smallest absolute Gasteiger partial charge is 0.281 e. The summed E-state index contributed by atoms with van der Waals surface area (Å²) in [7, 11) is 0. The number of amides is 1. The first-order valence-electron chi connectivity index (χ1n) is 10.5. The number of thiocarbonyl (C=S) groups is 1. The molecular weight excluding hydrogens is 454 g/mol. The van der Waals surface area contributed by atoms with Gasteiger partial charge in [-0.05, 0) is 60.8 Å². The minimum atomic E-state index is -0.172. The number of nitrogens with one attached hydrogen (secondary N) is 1. The van der Waals surface area contributed by atoms with E-state index >= 15 is 0 Å². The van der Waals surface area contributed by atoms with Crippen molar-refractivity contribution in [1.82, 2.24) is 9.88 Å². The molecule has 1 aliphatic heterocycles. The van der Waals surface area contributed by atoms with E-state index in [0.29, 0.717) is 29.0 Å². The van der Waals surface area contributed by atoms with Gasteiger partial charge in [-0.15, -0.1) is 0 Å². The highest BCUT2D eigenvalue weighted by Crippen LogP contribution is 2.27. The lowest BCUT2D eigenvalue weighted by molar-refractivity contribution is -0.113. The Balaban J connectivity index is 1.40. The van der Waals surface area contributed by atoms with Crippen molar-refractivity contribution in [2.24, 2.45) is 0 Å². The van der Waals surface area contributed by atoms with Crippen LogP contribution in [0.1, 0.15) is 5.56 Å². The van der Waals surface area contributed by atoms with Crippen LogP contribution in [0.5, 0.6) is 5.75 Å². The lowest BCUT2D eigenvalue weighted by atomic mass is 10.1. The fraction of sp³-hybridized carbons (Fsp3) is 0.0769. The molecule has 33 heavy (non-hydrogen) atoms. The quantitative estimate of drug-likeness (QED) is 0.291. The average molecular weight is 474 g/mol. The molecule has 1 aromatic heterocycles. The summed E-state index contributed by atoms with van der Waals surface area (Å²) in [4.78, 5) is 14.6. The van der Waals surface area contributed by atoms with Crippen LogP contribution >= 0.6 is 23.8 Å². The Bertz CT molecular complexity index is 1360. The third kappa shape index (κ3) is 4.35. The van der Waals surface area contributed by atoms with Gasteiger partial charge in [-0.25, -0.2) is 0 Å². The van der Waals surface area contributed by atoms with Crippen LogP contribution in [0.4, 0.5) is 5.69 Å². The number of hydrogen-bond donors (Lipinski definition) is 1. The number of carbonyl (C=O) groups is 1. The zero-order valence-electron chi connectivity index (χ0n) is 17.6. The zero-order chi connectivity index (χ0) is 22.8. The molecule has 1 N–H and O–H groups in total.